The molecular formula is C14H11F3N2O4S. The quantitative estimate of drug-likeness (QED) is 0.909. The first-order valence-corrected chi connectivity index (χ1v) is 8.13. The Hall–Kier alpha value is -2.33. The average Bonchev–Trinajstić information content (AvgIpc) is 2.90. The van der Waals surface area contributed by atoms with Crippen molar-refractivity contribution in [3.8, 4) is 11.5 Å². The van der Waals surface area contributed by atoms with Gasteiger partial charge in [-0.25, -0.2) is 8.42 Å². The van der Waals surface area contributed by atoms with Gasteiger partial charge in [0.25, 0.3) is 10.0 Å². The van der Waals surface area contributed by atoms with Crippen LogP contribution in [0.15, 0.2) is 41.4 Å². The maximum Gasteiger partial charge on any atom is 0.573 e. The highest BCUT2D eigenvalue weighted by Crippen LogP contribution is 2.39. The van der Waals surface area contributed by atoms with Gasteiger partial charge in [-0.3, -0.25) is 4.98 Å². The van der Waals surface area contributed by atoms with Gasteiger partial charge in [-0.2, -0.15) is 4.31 Å². The summed E-state index contributed by atoms with van der Waals surface area (Å²) in [4.78, 5) is 3.12. The molecule has 1 aromatic carbocycles. The van der Waals surface area contributed by atoms with Crippen LogP contribution in [0.3, 0.4) is 0 Å². The minimum absolute atomic E-state index is 0.0503. The standard InChI is InChI=1S/C14H11F3N2O4S/c15-14(16,17)23-12-5-1-4-11(20)13(12)24(21,22)19-7-9-3-2-6-18-10(9)8-19/h1-6,20H,7-8H2. The number of halogens is 3. The van der Waals surface area contributed by atoms with E-state index in [-0.39, 0.29) is 13.1 Å². The lowest BCUT2D eigenvalue weighted by atomic mass is 10.2. The molecule has 0 amide bonds. The first-order valence-electron chi connectivity index (χ1n) is 6.69. The summed E-state index contributed by atoms with van der Waals surface area (Å²) in [5, 5.41) is 9.83. The molecule has 2 aromatic rings. The average molecular weight is 360 g/mol. The van der Waals surface area contributed by atoms with Gasteiger partial charge in [0.05, 0.1) is 12.2 Å². The molecule has 0 saturated heterocycles. The fraction of sp³-hybridized carbons (Fsp3) is 0.214. The number of benzene rings is 1. The number of sulfonamides is 1. The summed E-state index contributed by atoms with van der Waals surface area (Å²) in [6, 6.07) is 6.19. The molecule has 0 aliphatic carbocycles. The van der Waals surface area contributed by atoms with Crippen molar-refractivity contribution < 1.29 is 31.4 Å². The van der Waals surface area contributed by atoms with Gasteiger partial charge < -0.3 is 9.84 Å². The van der Waals surface area contributed by atoms with E-state index in [0.29, 0.717) is 11.3 Å². The fourth-order valence-electron chi connectivity index (χ4n) is 2.44. The van der Waals surface area contributed by atoms with Crippen molar-refractivity contribution in [3.05, 3.63) is 47.8 Å². The largest absolute Gasteiger partial charge is 0.573 e. The van der Waals surface area contributed by atoms with Crippen LogP contribution in [0.25, 0.3) is 0 Å². The molecule has 0 saturated carbocycles. The lowest BCUT2D eigenvalue weighted by Gasteiger charge is -2.19. The van der Waals surface area contributed by atoms with Crippen LogP contribution >= 0.6 is 0 Å². The molecule has 10 heteroatoms. The summed E-state index contributed by atoms with van der Waals surface area (Å²) in [5.74, 6) is -1.80. The molecule has 1 aromatic heterocycles. The number of alkyl halides is 3. The number of ether oxygens (including phenoxy) is 1. The summed E-state index contributed by atoms with van der Waals surface area (Å²) in [6.07, 6.45) is -3.60. The lowest BCUT2D eigenvalue weighted by molar-refractivity contribution is -0.275. The molecule has 3 rings (SSSR count). The molecule has 1 N–H and O–H groups in total. The van der Waals surface area contributed by atoms with Crippen LogP contribution in [0.2, 0.25) is 0 Å². The third-order valence-corrected chi connectivity index (χ3v) is 5.30. The van der Waals surface area contributed by atoms with E-state index in [2.05, 4.69) is 9.72 Å². The second-order valence-corrected chi connectivity index (χ2v) is 6.91. The van der Waals surface area contributed by atoms with Crippen molar-refractivity contribution in [1.29, 1.82) is 0 Å². The van der Waals surface area contributed by atoms with Crippen LogP contribution in [0.1, 0.15) is 11.3 Å². The van der Waals surface area contributed by atoms with Gasteiger partial charge in [0.2, 0.25) is 0 Å². The first kappa shape index (κ1) is 16.5. The number of aromatic hydroxyl groups is 1. The topological polar surface area (TPSA) is 79.7 Å². The SMILES string of the molecule is O=S(=O)(c1c(O)cccc1OC(F)(F)F)N1Cc2cccnc2C1. The third-order valence-electron chi connectivity index (χ3n) is 3.44. The van der Waals surface area contributed by atoms with Gasteiger partial charge in [0.15, 0.2) is 10.6 Å². The molecule has 0 bridgehead atoms. The van der Waals surface area contributed by atoms with E-state index in [1.807, 2.05) is 0 Å². The van der Waals surface area contributed by atoms with E-state index in [0.717, 1.165) is 22.5 Å². The molecule has 0 spiro atoms. The number of phenolic OH excluding ortho intramolecular Hbond substituents is 1. The van der Waals surface area contributed by atoms with Gasteiger partial charge >= 0.3 is 6.36 Å². The molecule has 0 radical (unpaired) electrons. The van der Waals surface area contributed by atoms with Crippen molar-refractivity contribution in [1.82, 2.24) is 9.29 Å². The molecule has 6 nitrogen and oxygen atoms in total. The maximum atomic E-state index is 12.7. The summed E-state index contributed by atoms with van der Waals surface area (Å²) in [7, 11) is -4.42. The molecule has 0 atom stereocenters. The Labute approximate surface area is 135 Å². The first-order chi connectivity index (χ1) is 11.2. The Bertz CT molecular complexity index is 859. The molecule has 1 aliphatic rings. The number of hydrogen-bond acceptors (Lipinski definition) is 5. The van der Waals surface area contributed by atoms with Crippen LogP contribution < -0.4 is 4.74 Å². The van der Waals surface area contributed by atoms with Gasteiger partial charge in [0, 0.05) is 12.7 Å². The van der Waals surface area contributed by atoms with Gasteiger partial charge in [-0.15, -0.1) is 13.2 Å². The number of hydrogen-bond donors (Lipinski definition) is 1. The van der Waals surface area contributed by atoms with E-state index >= 15 is 0 Å². The van der Waals surface area contributed by atoms with Crippen molar-refractivity contribution in [2.75, 3.05) is 0 Å². The summed E-state index contributed by atoms with van der Waals surface area (Å²) < 4.78 is 67.7. The number of phenols is 1. The summed E-state index contributed by atoms with van der Waals surface area (Å²) in [6.45, 7) is -0.149. The lowest BCUT2D eigenvalue weighted by Crippen LogP contribution is -2.27. The molecule has 128 valence electrons. The molecular weight excluding hydrogens is 349 g/mol. The zero-order valence-electron chi connectivity index (χ0n) is 12.0. The van der Waals surface area contributed by atoms with Crippen molar-refractivity contribution in [2.45, 2.75) is 24.3 Å². The molecule has 1 aliphatic heterocycles. The molecule has 0 unspecified atom stereocenters. The van der Waals surface area contributed by atoms with Crippen LogP contribution in [0.5, 0.6) is 11.5 Å². The van der Waals surface area contributed by atoms with Crippen LogP contribution in [-0.2, 0) is 23.1 Å². The van der Waals surface area contributed by atoms with Gasteiger partial charge in [-0.05, 0) is 23.8 Å². The number of pyridine rings is 1. The normalized spacial score (nSPS) is 15.3. The van der Waals surface area contributed by atoms with E-state index < -0.39 is 32.8 Å². The minimum Gasteiger partial charge on any atom is -0.506 e. The number of nitrogens with zero attached hydrogens (tertiary/aromatic N) is 2. The summed E-state index contributed by atoms with van der Waals surface area (Å²) >= 11 is 0. The van der Waals surface area contributed by atoms with E-state index in [9.17, 15) is 26.7 Å². The highest BCUT2D eigenvalue weighted by Gasteiger charge is 2.39. The number of rotatable bonds is 3. The zero-order valence-corrected chi connectivity index (χ0v) is 12.8. The van der Waals surface area contributed by atoms with E-state index in [1.54, 1.807) is 12.1 Å². The predicted molar refractivity (Wildman–Crippen MR) is 75.5 cm³/mol. The summed E-state index contributed by atoms with van der Waals surface area (Å²) in [5.41, 5.74) is 1.16. The van der Waals surface area contributed by atoms with Crippen LogP contribution in [-0.4, -0.2) is 29.2 Å². The Morgan fingerprint density at radius 3 is 2.58 bits per heavy atom. The molecule has 2 heterocycles. The Morgan fingerprint density at radius 2 is 1.92 bits per heavy atom. The van der Waals surface area contributed by atoms with Crippen LogP contribution in [0.4, 0.5) is 13.2 Å². The second-order valence-electron chi connectivity index (χ2n) is 5.03. The van der Waals surface area contributed by atoms with Crippen molar-refractivity contribution in [2.24, 2.45) is 0 Å². The van der Waals surface area contributed by atoms with E-state index in [4.69, 9.17) is 0 Å². The molecule has 0 fully saturated rings. The monoisotopic (exact) mass is 360 g/mol. The Kier molecular flexibility index (Phi) is 3.88. The number of fused-ring (bicyclic) bond motifs is 1. The smallest absolute Gasteiger partial charge is 0.506 e. The maximum absolute atomic E-state index is 12.7. The third kappa shape index (κ3) is 3.02. The second kappa shape index (κ2) is 5.64. The van der Waals surface area contributed by atoms with Gasteiger partial charge in [-0.1, -0.05) is 12.1 Å². The zero-order chi connectivity index (χ0) is 17.5. The van der Waals surface area contributed by atoms with Crippen LogP contribution in [0, 0.1) is 0 Å². The number of aromatic nitrogens is 1. The Morgan fingerprint density at radius 1 is 1.17 bits per heavy atom. The Balaban J connectivity index is 2.03. The highest BCUT2D eigenvalue weighted by atomic mass is 32.2. The van der Waals surface area contributed by atoms with Gasteiger partial charge in [0.1, 0.15) is 5.75 Å². The molecule has 24 heavy (non-hydrogen) atoms. The predicted octanol–water partition coefficient (Wildman–Crippen LogP) is 2.39. The van der Waals surface area contributed by atoms with Crippen molar-refractivity contribution in [3.63, 3.8) is 0 Å². The minimum atomic E-state index is -5.09. The van der Waals surface area contributed by atoms with E-state index in [1.165, 1.54) is 6.20 Å². The van der Waals surface area contributed by atoms with Crippen molar-refractivity contribution >= 4 is 10.0 Å². The fourth-order valence-corrected chi connectivity index (χ4v) is 3.99. The highest BCUT2D eigenvalue weighted by molar-refractivity contribution is 7.89.